The lowest BCUT2D eigenvalue weighted by atomic mass is 10.3. The minimum absolute atomic E-state index is 0.148. The van der Waals surface area contributed by atoms with Crippen molar-refractivity contribution in [2.24, 2.45) is 7.05 Å². The van der Waals surface area contributed by atoms with Gasteiger partial charge in [0.15, 0.2) is 10.4 Å². The molecule has 0 radical (unpaired) electrons. The molecule has 2 aromatic rings. The molecule has 2 N–H and O–H groups in total. The summed E-state index contributed by atoms with van der Waals surface area (Å²) in [6.45, 7) is 0. The SMILES string of the molecule is Cn1c(=S)[nH]c2cc(C(=O)O)cnc21. The Kier molecular flexibility index (Phi) is 1.85. The van der Waals surface area contributed by atoms with E-state index < -0.39 is 5.97 Å². The first-order valence-electron chi connectivity index (χ1n) is 3.87. The van der Waals surface area contributed by atoms with Crippen molar-refractivity contribution in [1.82, 2.24) is 14.5 Å². The number of fused-ring (bicyclic) bond motifs is 1. The second-order valence-corrected chi connectivity index (χ2v) is 3.28. The summed E-state index contributed by atoms with van der Waals surface area (Å²) in [5.74, 6) is -0.998. The number of pyridine rings is 1. The second kappa shape index (κ2) is 2.91. The number of aromatic nitrogens is 3. The molecule has 0 aliphatic heterocycles. The Labute approximate surface area is 84.0 Å². The molecular formula is C8H7N3O2S. The van der Waals surface area contributed by atoms with Crippen LogP contribution in [0, 0.1) is 4.77 Å². The molecule has 0 amide bonds. The Bertz CT molecular complexity index is 569. The number of aromatic carboxylic acids is 1. The summed E-state index contributed by atoms with van der Waals surface area (Å²) in [5.41, 5.74) is 1.44. The van der Waals surface area contributed by atoms with Crippen LogP contribution >= 0.6 is 12.2 Å². The lowest BCUT2D eigenvalue weighted by molar-refractivity contribution is 0.0696. The van der Waals surface area contributed by atoms with Crippen LogP contribution in [0.4, 0.5) is 0 Å². The van der Waals surface area contributed by atoms with E-state index in [4.69, 9.17) is 17.3 Å². The highest BCUT2D eigenvalue weighted by molar-refractivity contribution is 7.71. The zero-order valence-corrected chi connectivity index (χ0v) is 8.13. The standard InChI is InChI=1S/C8H7N3O2S/c1-11-6-5(10-8(11)14)2-4(3-9-6)7(12)13/h2-3H,1H3,(H,10,14)(H,12,13). The highest BCUT2D eigenvalue weighted by atomic mass is 32.1. The zero-order chi connectivity index (χ0) is 10.3. The van der Waals surface area contributed by atoms with Crippen molar-refractivity contribution >= 4 is 29.4 Å². The van der Waals surface area contributed by atoms with Gasteiger partial charge in [0.1, 0.15) is 0 Å². The van der Waals surface area contributed by atoms with E-state index in [1.165, 1.54) is 12.3 Å². The third-order valence-corrected chi connectivity index (χ3v) is 2.35. The van der Waals surface area contributed by atoms with Gasteiger partial charge in [-0.2, -0.15) is 0 Å². The Hall–Kier alpha value is -1.69. The Morgan fingerprint density at radius 1 is 1.71 bits per heavy atom. The van der Waals surface area contributed by atoms with Gasteiger partial charge in [-0.1, -0.05) is 0 Å². The van der Waals surface area contributed by atoms with Crippen LogP contribution in [0.15, 0.2) is 12.3 Å². The number of imidazole rings is 1. The lowest BCUT2D eigenvalue weighted by Gasteiger charge is -1.94. The van der Waals surface area contributed by atoms with Gasteiger partial charge < -0.3 is 14.7 Å². The predicted octanol–water partition coefficient (Wildman–Crippen LogP) is 1.33. The first kappa shape index (κ1) is 8.89. The van der Waals surface area contributed by atoms with Gasteiger partial charge in [0.05, 0.1) is 11.1 Å². The van der Waals surface area contributed by atoms with Crippen molar-refractivity contribution in [3.8, 4) is 0 Å². The van der Waals surface area contributed by atoms with Crippen molar-refractivity contribution in [3.63, 3.8) is 0 Å². The van der Waals surface area contributed by atoms with Crippen molar-refractivity contribution in [1.29, 1.82) is 0 Å². The molecule has 0 atom stereocenters. The van der Waals surface area contributed by atoms with E-state index in [9.17, 15) is 4.79 Å². The van der Waals surface area contributed by atoms with Crippen LogP contribution in [0.2, 0.25) is 0 Å². The van der Waals surface area contributed by atoms with Gasteiger partial charge in [-0.3, -0.25) is 0 Å². The maximum atomic E-state index is 10.6. The summed E-state index contributed by atoms with van der Waals surface area (Å²) < 4.78 is 2.21. The summed E-state index contributed by atoms with van der Waals surface area (Å²) in [6, 6.07) is 1.51. The second-order valence-electron chi connectivity index (χ2n) is 2.89. The fourth-order valence-corrected chi connectivity index (χ4v) is 1.43. The van der Waals surface area contributed by atoms with Crippen LogP contribution in [-0.4, -0.2) is 25.6 Å². The molecule has 0 bridgehead atoms. The molecule has 2 aromatic heterocycles. The maximum Gasteiger partial charge on any atom is 0.337 e. The van der Waals surface area contributed by atoms with Crippen LogP contribution in [0.3, 0.4) is 0 Å². The number of aromatic amines is 1. The van der Waals surface area contributed by atoms with E-state index in [1.807, 2.05) is 0 Å². The highest BCUT2D eigenvalue weighted by Gasteiger charge is 2.07. The largest absolute Gasteiger partial charge is 0.478 e. The number of carboxylic acid groups (broad SMARTS) is 1. The normalized spacial score (nSPS) is 10.6. The maximum absolute atomic E-state index is 10.6. The van der Waals surface area contributed by atoms with Crippen molar-refractivity contribution in [2.75, 3.05) is 0 Å². The molecule has 2 heterocycles. The number of aryl methyl sites for hydroxylation is 1. The van der Waals surface area contributed by atoms with Gasteiger partial charge in [0.25, 0.3) is 0 Å². The molecule has 14 heavy (non-hydrogen) atoms. The van der Waals surface area contributed by atoms with E-state index in [0.717, 1.165) is 0 Å². The van der Waals surface area contributed by atoms with Crippen molar-refractivity contribution in [2.45, 2.75) is 0 Å². The summed E-state index contributed by atoms with van der Waals surface area (Å²) in [4.78, 5) is 17.5. The van der Waals surface area contributed by atoms with Crippen LogP contribution < -0.4 is 0 Å². The van der Waals surface area contributed by atoms with Crippen LogP contribution in [0.5, 0.6) is 0 Å². The fraction of sp³-hybridized carbons (Fsp3) is 0.125. The van der Waals surface area contributed by atoms with Gasteiger partial charge in [-0.25, -0.2) is 9.78 Å². The topological polar surface area (TPSA) is 70.9 Å². The van der Waals surface area contributed by atoms with E-state index >= 15 is 0 Å². The minimum Gasteiger partial charge on any atom is -0.478 e. The van der Waals surface area contributed by atoms with Crippen LogP contribution in [0.1, 0.15) is 10.4 Å². The first-order chi connectivity index (χ1) is 6.59. The average molecular weight is 209 g/mol. The summed E-state index contributed by atoms with van der Waals surface area (Å²) >= 11 is 4.98. The quantitative estimate of drug-likeness (QED) is 0.695. The molecule has 0 aliphatic rings. The summed E-state index contributed by atoms with van der Waals surface area (Å²) in [6.07, 6.45) is 1.31. The molecular weight excluding hydrogens is 202 g/mol. The number of hydrogen-bond acceptors (Lipinski definition) is 3. The molecule has 2 rings (SSSR count). The molecule has 0 aliphatic carbocycles. The Morgan fingerprint density at radius 3 is 3.07 bits per heavy atom. The van der Waals surface area contributed by atoms with Crippen molar-refractivity contribution < 1.29 is 9.90 Å². The molecule has 6 heteroatoms. The number of nitrogens with one attached hydrogen (secondary N) is 1. The number of hydrogen-bond donors (Lipinski definition) is 2. The van der Waals surface area contributed by atoms with Crippen LogP contribution in [-0.2, 0) is 7.05 Å². The monoisotopic (exact) mass is 209 g/mol. The molecule has 0 saturated carbocycles. The van der Waals surface area contributed by atoms with Gasteiger partial charge in [0.2, 0.25) is 0 Å². The van der Waals surface area contributed by atoms with E-state index in [0.29, 0.717) is 15.9 Å². The van der Waals surface area contributed by atoms with E-state index in [-0.39, 0.29) is 5.56 Å². The smallest absolute Gasteiger partial charge is 0.337 e. The number of H-pyrrole nitrogens is 1. The zero-order valence-electron chi connectivity index (χ0n) is 7.31. The van der Waals surface area contributed by atoms with Gasteiger partial charge in [-0.05, 0) is 18.3 Å². The molecule has 0 saturated heterocycles. The predicted molar refractivity (Wildman–Crippen MR) is 52.9 cm³/mol. The van der Waals surface area contributed by atoms with Gasteiger partial charge in [-0.15, -0.1) is 0 Å². The molecule has 0 aromatic carbocycles. The van der Waals surface area contributed by atoms with Crippen LogP contribution in [0.25, 0.3) is 11.2 Å². The molecule has 0 fully saturated rings. The molecule has 0 unspecified atom stereocenters. The third kappa shape index (κ3) is 1.20. The van der Waals surface area contributed by atoms with Gasteiger partial charge in [0, 0.05) is 13.2 Å². The summed E-state index contributed by atoms with van der Waals surface area (Å²) in [7, 11) is 1.77. The number of carboxylic acids is 1. The highest BCUT2D eigenvalue weighted by Crippen LogP contribution is 2.11. The molecule has 5 nitrogen and oxygen atoms in total. The minimum atomic E-state index is -0.998. The number of rotatable bonds is 1. The van der Waals surface area contributed by atoms with E-state index in [2.05, 4.69) is 9.97 Å². The molecule has 72 valence electrons. The Balaban J connectivity index is 2.80. The fourth-order valence-electron chi connectivity index (χ4n) is 1.23. The summed E-state index contributed by atoms with van der Waals surface area (Å²) in [5, 5.41) is 8.73. The average Bonchev–Trinajstić information content (AvgIpc) is 2.42. The van der Waals surface area contributed by atoms with E-state index in [1.54, 1.807) is 11.6 Å². The van der Waals surface area contributed by atoms with Crippen molar-refractivity contribution in [3.05, 3.63) is 22.6 Å². The Morgan fingerprint density at radius 2 is 2.43 bits per heavy atom. The van der Waals surface area contributed by atoms with Gasteiger partial charge >= 0.3 is 5.97 Å². The first-order valence-corrected chi connectivity index (χ1v) is 4.28. The number of nitrogens with zero attached hydrogens (tertiary/aromatic N) is 2. The third-order valence-electron chi connectivity index (χ3n) is 1.98. The number of carbonyl (C=O) groups is 1. The lowest BCUT2D eigenvalue weighted by Crippen LogP contribution is -1.97. The molecule has 0 spiro atoms.